The van der Waals surface area contributed by atoms with Gasteiger partial charge in [-0.25, -0.2) is 4.98 Å². The highest BCUT2D eigenvalue weighted by molar-refractivity contribution is 6.29. The van der Waals surface area contributed by atoms with Gasteiger partial charge >= 0.3 is 0 Å². The largest absolute Gasteiger partial charge is 0.326 e. The Morgan fingerprint density at radius 1 is 1.33 bits per heavy atom. The zero-order valence-corrected chi connectivity index (χ0v) is 10.3. The molecule has 0 aliphatic rings. The average molecular weight is 262 g/mol. The van der Waals surface area contributed by atoms with Gasteiger partial charge < -0.3 is 11.1 Å². The Kier molecular flexibility index (Phi) is 3.92. The number of anilines is 1. The summed E-state index contributed by atoms with van der Waals surface area (Å²) in [7, 11) is 0. The number of nitrogens with two attached hydrogens (primary N) is 1. The molecule has 0 bridgehead atoms. The molecule has 0 atom stereocenters. The van der Waals surface area contributed by atoms with Crippen molar-refractivity contribution in [1.29, 1.82) is 0 Å². The molecule has 1 aromatic heterocycles. The van der Waals surface area contributed by atoms with Crippen LogP contribution in [0.5, 0.6) is 0 Å². The Labute approximate surface area is 110 Å². The summed E-state index contributed by atoms with van der Waals surface area (Å²) >= 11 is 5.73. The number of nitrogens with zero attached hydrogens (tertiary/aromatic N) is 1. The predicted molar refractivity (Wildman–Crippen MR) is 71.5 cm³/mol. The Hall–Kier alpha value is -1.91. The van der Waals surface area contributed by atoms with Crippen LogP contribution in [0.3, 0.4) is 0 Å². The number of halogens is 1. The van der Waals surface area contributed by atoms with Crippen LogP contribution in [0.15, 0.2) is 42.6 Å². The molecule has 0 radical (unpaired) electrons. The van der Waals surface area contributed by atoms with Crippen molar-refractivity contribution in [2.24, 2.45) is 5.73 Å². The van der Waals surface area contributed by atoms with Crippen molar-refractivity contribution in [3.8, 4) is 0 Å². The third-order valence-electron chi connectivity index (χ3n) is 2.41. The molecule has 0 saturated heterocycles. The molecule has 2 aromatic rings. The fourth-order valence-electron chi connectivity index (χ4n) is 1.52. The van der Waals surface area contributed by atoms with Crippen molar-refractivity contribution < 1.29 is 4.79 Å². The van der Waals surface area contributed by atoms with Gasteiger partial charge in [0.1, 0.15) is 5.15 Å². The first kappa shape index (κ1) is 12.5. The van der Waals surface area contributed by atoms with Crippen LogP contribution < -0.4 is 11.1 Å². The molecule has 0 unspecified atom stereocenters. The van der Waals surface area contributed by atoms with E-state index in [1.807, 2.05) is 18.2 Å². The summed E-state index contributed by atoms with van der Waals surface area (Å²) in [5.41, 5.74) is 7.67. The standard InChI is InChI=1S/C13H12ClN3O/c14-12-7-10(4-5-16-12)13(18)17-11-3-1-2-9(6-11)8-15/h1-7H,8,15H2,(H,17,18). The van der Waals surface area contributed by atoms with Crippen molar-refractivity contribution in [1.82, 2.24) is 4.98 Å². The number of nitrogens with one attached hydrogen (secondary N) is 1. The highest BCUT2D eigenvalue weighted by Crippen LogP contribution is 2.13. The first-order valence-electron chi connectivity index (χ1n) is 5.41. The second-order valence-corrected chi connectivity index (χ2v) is 4.11. The van der Waals surface area contributed by atoms with Gasteiger partial charge in [-0.3, -0.25) is 4.79 Å². The van der Waals surface area contributed by atoms with Gasteiger partial charge in [0.15, 0.2) is 0 Å². The zero-order valence-electron chi connectivity index (χ0n) is 9.56. The predicted octanol–water partition coefficient (Wildman–Crippen LogP) is 2.45. The van der Waals surface area contributed by atoms with Crippen LogP contribution in [0.2, 0.25) is 5.15 Å². The molecular formula is C13H12ClN3O. The average Bonchev–Trinajstić information content (AvgIpc) is 2.39. The van der Waals surface area contributed by atoms with E-state index >= 15 is 0 Å². The number of hydrogen-bond donors (Lipinski definition) is 2. The van der Waals surface area contributed by atoms with Crippen molar-refractivity contribution in [2.45, 2.75) is 6.54 Å². The van der Waals surface area contributed by atoms with E-state index in [2.05, 4.69) is 10.3 Å². The summed E-state index contributed by atoms with van der Waals surface area (Å²) in [6.45, 7) is 0.435. The zero-order chi connectivity index (χ0) is 13.0. The summed E-state index contributed by atoms with van der Waals surface area (Å²) < 4.78 is 0. The third kappa shape index (κ3) is 3.06. The van der Waals surface area contributed by atoms with E-state index in [9.17, 15) is 4.79 Å². The van der Waals surface area contributed by atoms with Gasteiger partial charge in [-0.2, -0.15) is 0 Å². The van der Waals surface area contributed by atoms with Crippen LogP contribution in [0.1, 0.15) is 15.9 Å². The highest BCUT2D eigenvalue weighted by atomic mass is 35.5. The molecular weight excluding hydrogens is 250 g/mol. The molecule has 2 rings (SSSR count). The van der Waals surface area contributed by atoms with E-state index in [1.54, 1.807) is 12.1 Å². The summed E-state index contributed by atoms with van der Waals surface area (Å²) in [4.78, 5) is 15.8. The summed E-state index contributed by atoms with van der Waals surface area (Å²) in [6, 6.07) is 10.5. The van der Waals surface area contributed by atoms with Gasteiger partial charge in [-0.05, 0) is 29.8 Å². The third-order valence-corrected chi connectivity index (χ3v) is 2.62. The Morgan fingerprint density at radius 3 is 2.89 bits per heavy atom. The van der Waals surface area contributed by atoms with Crippen molar-refractivity contribution in [3.05, 3.63) is 58.9 Å². The molecule has 0 spiro atoms. The van der Waals surface area contributed by atoms with Gasteiger partial charge in [0.2, 0.25) is 0 Å². The van der Waals surface area contributed by atoms with Crippen molar-refractivity contribution in [2.75, 3.05) is 5.32 Å². The van der Waals surface area contributed by atoms with Gasteiger partial charge in [-0.15, -0.1) is 0 Å². The molecule has 1 amide bonds. The summed E-state index contributed by atoms with van der Waals surface area (Å²) in [5, 5.41) is 3.07. The molecule has 0 saturated carbocycles. The van der Waals surface area contributed by atoms with Crippen LogP contribution in [-0.4, -0.2) is 10.9 Å². The molecule has 92 valence electrons. The molecule has 0 fully saturated rings. The van der Waals surface area contributed by atoms with Crippen molar-refractivity contribution in [3.63, 3.8) is 0 Å². The SMILES string of the molecule is NCc1cccc(NC(=O)c2ccnc(Cl)c2)c1. The lowest BCUT2D eigenvalue weighted by Crippen LogP contribution is -2.12. The molecule has 18 heavy (non-hydrogen) atoms. The molecule has 1 aromatic carbocycles. The number of benzene rings is 1. The van der Waals surface area contributed by atoms with Crippen LogP contribution in [0, 0.1) is 0 Å². The first-order chi connectivity index (χ1) is 8.69. The lowest BCUT2D eigenvalue weighted by atomic mass is 10.2. The van der Waals surface area contributed by atoms with E-state index in [4.69, 9.17) is 17.3 Å². The minimum Gasteiger partial charge on any atom is -0.326 e. The number of carbonyl (C=O) groups excluding carboxylic acids is 1. The normalized spacial score (nSPS) is 10.1. The second kappa shape index (κ2) is 5.62. The van der Waals surface area contributed by atoms with Crippen LogP contribution >= 0.6 is 11.6 Å². The summed E-state index contributed by atoms with van der Waals surface area (Å²) in [6.07, 6.45) is 1.49. The van der Waals surface area contributed by atoms with E-state index in [0.717, 1.165) is 5.56 Å². The van der Waals surface area contributed by atoms with Crippen molar-refractivity contribution >= 4 is 23.2 Å². The van der Waals surface area contributed by atoms with Gasteiger partial charge in [0.05, 0.1) is 0 Å². The number of amides is 1. The van der Waals surface area contributed by atoms with Gasteiger partial charge in [0.25, 0.3) is 5.91 Å². The van der Waals surface area contributed by atoms with E-state index in [1.165, 1.54) is 12.3 Å². The fourth-order valence-corrected chi connectivity index (χ4v) is 1.70. The van der Waals surface area contributed by atoms with E-state index in [-0.39, 0.29) is 5.91 Å². The van der Waals surface area contributed by atoms with E-state index < -0.39 is 0 Å². The Balaban J connectivity index is 2.16. The topological polar surface area (TPSA) is 68.0 Å². The number of pyridine rings is 1. The number of aromatic nitrogens is 1. The maximum atomic E-state index is 11.9. The molecule has 3 N–H and O–H groups in total. The summed E-state index contributed by atoms with van der Waals surface area (Å²) in [5.74, 6) is -0.228. The Morgan fingerprint density at radius 2 is 2.17 bits per heavy atom. The Bertz CT molecular complexity index is 572. The number of carbonyl (C=O) groups is 1. The minimum atomic E-state index is -0.228. The van der Waals surface area contributed by atoms with E-state index in [0.29, 0.717) is 22.9 Å². The molecule has 0 aliphatic heterocycles. The lowest BCUT2D eigenvalue weighted by Gasteiger charge is -2.06. The maximum Gasteiger partial charge on any atom is 0.255 e. The highest BCUT2D eigenvalue weighted by Gasteiger charge is 2.06. The lowest BCUT2D eigenvalue weighted by molar-refractivity contribution is 0.102. The number of hydrogen-bond acceptors (Lipinski definition) is 3. The number of rotatable bonds is 3. The molecule has 5 heteroatoms. The second-order valence-electron chi connectivity index (χ2n) is 3.73. The molecule has 4 nitrogen and oxygen atoms in total. The van der Waals surface area contributed by atoms with Crippen LogP contribution in [-0.2, 0) is 6.54 Å². The minimum absolute atomic E-state index is 0.228. The monoisotopic (exact) mass is 261 g/mol. The molecule has 0 aliphatic carbocycles. The fraction of sp³-hybridized carbons (Fsp3) is 0.0769. The smallest absolute Gasteiger partial charge is 0.255 e. The van der Waals surface area contributed by atoms with Crippen LogP contribution in [0.25, 0.3) is 0 Å². The molecule has 1 heterocycles. The van der Waals surface area contributed by atoms with Gasteiger partial charge in [-0.1, -0.05) is 23.7 Å². The maximum absolute atomic E-state index is 11.9. The van der Waals surface area contributed by atoms with Gasteiger partial charge in [0, 0.05) is 24.0 Å². The first-order valence-corrected chi connectivity index (χ1v) is 5.79. The van der Waals surface area contributed by atoms with Crippen LogP contribution in [0.4, 0.5) is 5.69 Å². The quantitative estimate of drug-likeness (QED) is 0.834.